The van der Waals surface area contributed by atoms with Gasteiger partial charge in [0.25, 0.3) is 0 Å². The molecule has 9 heterocycles. The molecule has 0 atom stereocenters. The van der Waals surface area contributed by atoms with Crippen molar-refractivity contribution in [3.05, 3.63) is 194 Å². The summed E-state index contributed by atoms with van der Waals surface area (Å²) in [6.45, 7) is 153. The molecule has 0 spiro atoms. The van der Waals surface area contributed by atoms with Crippen molar-refractivity contribution in [2.45, 2.75) is 601 Å². The van der Waals surface area contributed by atoms with Crippen LogP contribution < -0.4 is 0 Å². The molecule has 0 saturated heterocycles. The first kappa shape index (κ1) is 143. The van der Waals surface area contributed by atoms with Crippen LogP contribution in [0, 0.1) is 27.7 Å². The van der Waals surface area contributed by atoms with E-state index in [1.807, 2.05) is 101 Å². The third-order valence-electron chi connectivity index (χ3n) is 21.6. The third kappa shape index (κ3) is 51.0. The van der Waals surface area contributed by atoms with Crippen molar-refractivity contribution in [1.29, 1.82) is 0 Å². The molecule has 0 amide bonds. The van der Waals surface area contributed by atoms with Gasteiger partial charge in [-0.3, -0.25) is 9.97 Å². The number of benzene rings is 1. The van der Waals surface area contributed by atoms with Gasteiger partial charge in [0.05, 0.1) is 56.0 Å². The molecule has 0 unspecified atom stereocenters. The van der Waals surface area contributed by atoms with E-state index in [9.17, 15) is 0 Å². The normalized spacial score (nSPS) is 12.6. The zero-order chi connectivity index (χ0) is 115. The molecule has 0 aliphatic rings. The second-order valence-corrected chi connectivity index (χ2v) is 60.2. The molecule has 0 aliphatic heterocycles. The Balaban J connectivity index is -0.000000750. The van der Waals surface area contributed by atoms with Gasteiger partial charge in [-0.25, -0.2) is 19.6 Å². The van der Waals surface area contributed by atoms with Crippen molar-refractivity contribution in [1.82, 2.24) is 70.0 Å². The summed E-state index contributed by atoms with van der Waals surface area (Å²) in [6.07, 6.45) is 8.04. The predicted octanol–water partition coefficient (Wildman–Crippen LogP) is 38.6. The summed E-state index contributed by atoms with van der Waals surface area (Å²) in [7, 11) is 0. The first-order valence-electron chi connectivity index (χ1n) is 53.6. The zero-order valence-electron chi connectivity index (χ0n) is 107. The average Bonchev–Trinajstić information content (AvgIpc) is 1.80. The van der Waals surface area contributed by atoms with E-state index >= 15 is 0 Å². The van der Waals surface area contributed by atoms with Crippen LogP contribution in [-0.2, 0) is 103 Å². The smallest absolute Gasteiger partial charge is 0.221 e. The number of aromatic nitrogens is 14. The van der Waals surface area contributed by atoms with Crippen molar-refractivity contribution in [2.75, 3.05) is 0 Å². The number of hydrogen-bond donors (Lipinski definition) is 0. The molecule has 10 aromatic rings. The highest BCUT2D eigenvalue weighted by Crippen LogP contribution is 2.40. The second-order valence-electron chi connectivity index (χ2n) is 57.0. The second kappa shape index (κ2) is 55.7. The van der Waals surface area contributed by atoms with Crippen LogP contribution in [0.1, 0.15) is 591 Å². The molecule has 1 aromatic carbocycles. The summed E-state index contributed by atoms with van der Waals surface area (Å²) >= 11 is 5.42. The minimum Gasteiger partial charge on any atom is -0.424 e. The fraction of sp³-hybridized carbons (Fsp3) is 0.728. The molecule has 826 valence electrons. The maximum atomic E-state index is 5.59. The number of hydrogen-bond acceptors (Lipinski definition) is 17. The Morgan fingerprint density at radius 2 is 0.618 bits per heavy atom. The Morgan fingerprint density at radius 3 is 0.792 bits per heavy atom. The highest BCUT2D eigenvalue weighted by atomic mass is 32.1. The maximum Gasteiger partial charge on any atom is 0.221 e. The molecular formula is C125H226N14O2S3. The molecule has 9 aromatic heterocycles. The Morgan fingerprint density at radius 1 is 0.292 bits per heavy atom. The van der Waals surface area contributed by atoms with Crippen LogP contribution in [0.4, 0.5) is 0 Å². The summed E-state index contributed by atoms with van der Waals surface area (Å²) < 4.78 is 15.2. The van der Waals surface area contributed by atoms with Crippen LogP contribution in [0.5, 0.6) is 0 Å². The molecule has 16 nitrogen and oxygen atoms in total. The van der Waals surface area contributed by atoms with Crippen LogP contribution in [0.3, 0.4) is 0 Å². The lowest BCUT2D eigenvalue weighted by Gasteiger charge is -2.23. The molecule has 0 saturated carbocycles. The lowest BCUT2D eigenvalue weighted by atomic mass is 9.82. The summed E-state index contributed by atoms with van der Waals surface area (Å²) in [5.41, 5.74) is 18.3. The lowest BCUT2D eigenvalue weighted by molar-refractivity contribution is 0.318. The van der Waals surface area contributed by atoms with Gasteiger partial charge in [-0.2, -0.15) is 0 Å². The Labute approximate surface area is 901 Å². The SMILES string of the molecule is CC.CC.CC.CC.CC(C)(C)c1ccc(C(C)(C)C)cc1.CC(C)(C)c1ccc(C(C)(C)C)nc1.CC(C)(C)c1ccc(C(C)(C)C)nc1.CC(C)(C)c1nnc(C(C)(C)C)o1.CC(C)(C)c1nnc(C(C)(C)C)s1.CC(C)c1cn(C(C)(C)C)cn1.Cc1c(C(C)(C)C)nnn1C(C)(C)C.Cc1c(C(C)(C)C)noc1C(C)(C)C.Cc1nc(C(C)(C)C)sc1C(C)(C)C.Cc1sc(C(C)(C)C)nc1C(C)(C)C. The van der Waals surface area contributed by atoms with Crippen LogP contribution in [0.15, 0.2) is 82.4 Å². The van der Waals surface area contributed by atoms with Crippen molar-refractivity contribution in [3.63, 3.8) is 0 Å². The monoisotopic (exact) mass is 2050 g/mol. The third-order valence-corrected chi connectivity index (χ3v) is 26.8. The average molecular weight is 2050 g/mol. The molecule has 0 fully saturated rings. The van der Waals surface area contributed by atoms with E-state index in [1.54, 1.807) is 11.3 Å². The molecular weight excluding hydrogens is 1830 g/mol. The van der Waals surface area contributed by atoms with Gasteiger partial charge in [0.2, 0.25) is 11.8 Å². The highest BCUT2D eigenvalue weighted by Gasteiger charge is 2.34. The topological polar surface area (TPSA) is 191 Å². The van der Waals surface area contributed by atoms with Crippen molar-refractivity contribution in [3.8, 4) is 0 Å². The van der Waals surface area contributed by atoms with Crippen LogP contribution in [0.25, 0.3) is 0 Å². The fourth-order valence-electron chi connectivity index (χ4n) is 12.9. The van der Waals surface area contributed by atoms with E-state index in [2.05, 4.69) is 551 Å². The van der Waals surface area contributed by atoms with Crippen molar-refractivity contribution < 1.29 is 8.94 Å². The molecule has 0 aliphatic carbocycles. The summed E-state index contributed by atoms with van der Waals surface area (Å²) in [5.74, 6) is 2.94. The molecule has 144 heavy (non-hydrogen) atoms. The zero-order valence-corrected chi connectivity index (χ0v) is 110. The number of nitrogens with zero attached hydrogens (tertiary/aromatic N) is 14. The van der Waals surface area contributed by atoms with Crippen LogP contribution >= 0.6 is 34.0 Å². The Bertz CT molecular complexity index is 4590. The van der Waals surface area contributed by atoms with Crippen LogP contribution in [-0.4, -0.2) is 70.0 Å². The van der Waals surface area contributed by atoms with Gasteiger partial charge in [0.1, 0.15) is 15.8 Å². The number of pyridine rings is 2. The van der Waals surface area contributed by atoms with E-state index < -0.39 is 0 Å². The highest BCUT2D eigenvalue weighted by molar-refractivity contribution is 7.12. The minimum absolute atomic E-state index is 0.0145. The molecule has 0 N–H and O–H groups in total. The molecule has 10 rings (SSSR count). The van der Waals surface area contributed by atoms with Gasteiger partial charge in [0.15, 0.2) is 0 Å². The van der Waals surface area contributed by atoms with E-state index in [0.29, 0.717) is 17.7 Å². The Kier molecular flexibility index (Phi) is 55.4. The van der Waals surface area contributed by atoms with E-state index in [4.69, 9.17) is 13.9 Å². The lowest BCUT2D eigenvalue weighted by Crippen LogP contribution is -2.25. The first-order chi connectivity index (χ1) is 64.0. The largest absolute Gasteiger partial charge is 0.424 e. The van der Waals surface area contributed by atoms with Crippen molar-refractivity contribution in [2.24, 2.45) is 0 Å². The fourth-order valence-corrected chi connectivity index (χ4v) is 16.2. The van der Waals surface area contributed by atoms with Crippen molar-refractivity contribution >= 4 is 34.0 Å². The minimum atomic E-state index is -0.0590. The quantitative estimate of drug-likeness (QED) is 0.151. The van der Waals surface area contributed by atoms with E-state index in [1.165, 1.54) is 70.4 Å². The van der Waals surface area contributed by atoms with Gasteiger partial charge in [-0.05, 0) is 137 Å². The molecule has 0 radical (unpaired) electrons. The van der Waals surface area contributed by atoms with Gasteiger partial charge in [0, 0.05) is 116 Å². The maximum absolute atomic E-state index is 5.59. The van der Waals surface area contributed by atoms with Gasteiger partial charge < -0.3 is 13.5 Å². The molecule has 0 bridgehead atoms. The standard InChI is InChI=1S/C14H22.2C13H21N.C12H21NO.2C12H21NS.C11H21N3.C10H18N2O.C10H18N2S.C10H18N2.4C2H6/c1-13(2,3)11-7-9-12(10-8-11)14(4,5)6;2*1-12(2,3)10-7-8-11(14-9-10)13(4,5)6;1-8-9(11(2,3)4)13-14-10(8)12(5,6)7;1-8-9(11(2,3)4)13-10(14-8)12(5,6)7;1-8-9(11(2,3)4)14-10(13-8)12(5,6)7;1-8-9(10(2,3)4)12-13-14(8)11(5,6)7;2*1-9(2,3)7-11-12-8(13-7)10(4,5)6;1-8(2)9-6-12(7-11-9)10(3,4)5;4*1-2/h7-10H,1-6H3;2*7-9H,1-6H3;4*1-7H3;2*1-6H3;6-8H,1-5H3;4*1-2H3. The Hall–Kier alpha value is -6.96. The number of rotatable bonds is 1. The van der Waals surface area contributed by atoms with E-state index in [0.717, 1.165) is 38.6 Å². The predicted molar refractivity (Wildman–Crippen MR) is 638 cm³/mol. The number of aryl methyl sites for hydroxylation is 2. The number of imidazole rings is 1. The summed E-state index contributed by atoms with van der Waals surface area (Å²) in [6, 6.07) is 17.7. The van der Waals surface area contributed by atoms with E-state index in [-0.39, 0.29) is 103 Å². The molecule has 19 heteroatoms. The first-order valence-corrected chi connectivity index (χ1v) is 56.1. The van der Waals surface area contributed by atoms with Gasteiger partial charge in [-0.1, -0.05) is 469 Å². The number of thiazole rings is 2. The van der Waals surface area contributed by atoms with Gasteiger partial charge in [-0.15, -0.1) is 59.5 Å². The summed E-state index contributed by atoms with van der Waals surface area (Å²) in [5, 5.41) is 33.9. The van der Waals surface area contributed by atoms with Crippen LogP contribution in [0.2, 0.25) is 0 Å². The summed E-state index contributed by atoms with van der Waals surface area (Å²) in [4.78, 5) is 25.6. The van der Waals surface area contributed by atoms with Gasteiger partial charge >= 0.3 is 0 Å².